The minimum atomic E-state index is 0. The second-order valence-electron chi connectivity index (χ2n) is 4.32. The van der Waals surface area contributed by atoms with E-state index in [4.69, 9.17) is 5.73 Å². The lowest BCUT2D eigenvalue weighted by atomic mass is 9.88. The van der Waals surface area contributed by atoms with Crippen molar-refractivity contribution in [3.63, 3.8) is 0 Å². The Kier molecular flexibility index (Phi) is 5.13. The molecule has 1 nitrogen and oxygen atoms in total. The van der Waals surface area contributed by atoms with Crippen molar-refractivity contribution in [2.24, 2.45) is 5.73 Å². The lowest BCUT2D eigenvalue weighted by Gasteiger charge is -2.21. The van der Waals surface area contributed by atoms with Crippen molar-refractivity contribution in [3.8, 4) is 0 Å². The summed E-state index contributed by atoms with van der Waals surface area (Å²) in [6.45, 7) is 0. The summed E-state index contributed by atoms with van der Waals surface area (Å²) in [7, 11) is 0. The molecule has 2 N–H and O–H groups in total. The third-order valence-electron chi connectivity index (χ3n) is 3.30. The standard InChI is InChI=1S/C13H19N.ClH/c14-13-10-6-2-5-9-12(13)11-7-3-1-4-8-11;/h1,3-4,7-8,12-13H,2,5-6,9-10,14H2;1H/t12-,13+;/m0./s1. The van der Waals surface area contributed by atoms with Gasteiger partial charge in [-0.2, -0.15) is 0 Å². The fourth-order valence-electron chi connectivity index (χ4n) is 2.45. The molecule has 1 saturated carbocycles. The molecule has 0 aliphatic heterocycles. The Morgan fingerprint density at radius 3 is 2.33 bits per heavy atom. The minimum absolute atomic E-state index is 0. The van der Waals surface area contributed by atoms with Gasteiger partial charge in [0.1, 0.15) is 0 Å². The van der Waals surface area contributed by atoms with E-state index >= 15 is 0 Å². The Labute approximate surface area is 98.5 Å². The molecule has 2 atom stereocenters. The molecule has 0 heterocycles. The molecule has 0 unspecified atom stereocenters. The largest absolute Gasteiger partial charge is 0.327 e. The van der Waals surface area contributed by atoms with Crippen LogP contribution in [0.4, 0.5) is 0 Å². The van der Waals surface area contributed by atoms with E-state index in [0.29, 0.717) is 12.0 Å². The van der Waals surface area contributed by atoms with Gasteiger partial charge >= 0.3 is 0 Å². The topological polar surface area (TPSA) is 26.0 Å². The van der Waals surface area contributed by atoms with Gasteiger partial charge in [0.05, 0.1) is 0 Å². The van der Waals surface area contributed by atoms with E-state index in [0.717, 1.165) is 0 Å². The van der Waals surface area contributed by atoms with E-state index in [9.17, 15) is 0 Å². The predicted octanol–water partition coefficient (Wildman–Crippen LogP) is 3.48. The van der Waals surface area contributed by atoms with Crippen LogP contribution in [0.15, 0.2) is 30.3 Å². The number of hydrogen-bond acceptors (Lipinski definition) is 1. The molecule has 1 aromatic carbocycles. The minimum Gasteiger partial charge on any atom is -0.327 e. The zero-order valence-corrected chi connectivity index (χ0v) is 9.88. The third kappa shape index (κ3) is 3.22. The van der Waals surface area contributed by atoms with E-state index in [-0.39, 0.29) is 12.4 Å². The summed E-state index contributed by atoms with van der Waals surface area (Å²) in [5.41, 5.74) is 7.64. The van der Waals surface area contributed by atoms with Crippen molar-refractivity contribution in [3.05, 3.63) is 35.9 Å². The summed E-state index contributed by atoms with van der Waals surface area (Å²) in [6, 6.07) is 11.1. The first-order valence-corrected chi connectivity index (χ1v) is 5.68. The third-order valence-corrected chi connectivity index (χ3v) is 3.30. The SMILES string of the molecule is Cl.N[C@@H]1CCCCC[C@H]1c1ccccc1. The Hall–Kier alpha value is -0.530. The summed E-state index contributed by atoms with van der Waals surface area (Å²) >= 11 is 0. The highest BCUT2D eigenvalue weighted by atomic mass is 35.5. The van der Waals surface area contributed by atoms with Gasteiger partial charge < -0.3 is 5.73 Å². The van der Waals surface area contributed by atoms with Crippen LogP contribution in [0.3, 0.4) is 0 Å². The van der Waals surface area contributed by atoms with E-state index in [2.05, 4.69) is 30.3 Å². The van der Waals surface area contributed by atoms with E-state index in [1.165, 1.54) is 37.7 Å². The highest BCUT2D eigenvalue weighted by Crippen LogP contribution is 2.30. The van der Waals surface area contributed by atoms with Crippen LogP contribution in [0.2, 0.25) is 0 Å². The smallest absolute Gasteiger partial charge is 0.0108 e. The maximum Gasteiger partial charge on any atom is 0.0108 e. The van der Waals surface area contributed by atoms with Crippen molar-refractivity contribution >= 4 is 12.4 Å². The van der Waals surface area contributed by atoms with E-state index in [1.807, 2.05) is 0 Å². The first-order valence-electron chi connectivity index (χ1n) is 5.68. The second kappa shape index (κ2) is 6.14. The summed E-state index contributed by atoms with van der Waals surface area (Å²) in [5, 5.41) is 0. The number of nitrogens with two attached hydrogens (primary N) is 1. The molecule has 0 aromatic heterocycles. The Bertz CT molecular complexity index is 273. The molecular formula is C13H20ClN. The molecule has 15 heavy (non-hydrogen) atoms. The highest BCUT2D eigenvalue weighted by molar-refractivity contribution is 5.85. The molecule has 0 amide bonds. The van der Waals surface area contributed by atoms with Gasteiger partial charge in [-0.05, 0) is 24.3 Å². The van der Waals surface area contributed by atoms with Crippen LogP contribution in [0.5, 0.6) is 0 Å². The lowest BCUT2D eigenvalue weighted by molar-refractivity contribution is 0.505. The van der Waals surface area contributed by atoms with Gasteiger partial charge in [0.2, 0.25) is 0 Å². The maximum absolute atomic E-state index is 6.21. The molecule has 1 aliphatic carbocycles. The zero-order chi connectivity index (χ0) is 9.80. The fraction of sp³-hybridized carbons (Fsp3) is 0.538. The summed E-state index contributed by atoms with van der Waals surface area (Å²) in [4.78, 5) is 0. The number of rotatable bonds is 1. The number of benzene rings is 1. The monoisotopic (exact) mass is 225 g/mol. The molecule has 1 aliphatic rings. The van der Waals surface area contributed by atoms with Crippen molar-refractivity contribution in [2.75, 3.05) is 0 Å². The van der Waals surface area contributed by atoms with Crippen molar-refractivity contribution in [1.29, 1.82) is 0 Å². The Morgan fingerprint density at radius 1 is 0.933 bits per heavy atom. The molecule has 84 valence electrons. The Morgan fingerprint density at radius 2 is 1.60 bits per heavy atom. The van der Waals surface area contributed by atoms with Crippen LogP contribution in [0.25, 0.3) is 0 Å². The van der Waals surface area contributed by atoms with Gasteiger partial charge in [0.25, 0.3) is 0 Å². The summed E-state index contributed by atoms with van der Waals surface area (Å²) in [6.07, 6.45) is 6.47. The van der Waals surface area contributed by atoms with Crippen molar-refractivity contribution in [2.45, 2.75) is 44.1 Å². The lowest BCUT2D eigenvalue weighted by Crippen LogP contribution is -2.27. The predicted molar refractivity (Wildman–Crippen MR) is 67.5 cm³/mol. The fourth-order valence-corrected chi connectivity index (χ4v) is 2.45. The second-order valence-corrected chi connectivity index (χ2v) is 4.32. The van der Waals surface area contributed by atoms with Crippen LogP contribution in [0, 0.1) is 0 Å². The quantitative estimate of drug-likeness (QED) is 0.728. The molecule has 1 aromatic rings. The van der Waals surface area contributed by atoms with E-state index < -0.39 is 0 Å². The Balaban J connectivity index is 0.00000112. The normalized spacial score (nSPS) is 26.5. The van der Waals surface area contributed by atoms with Crippen LogP contribution in [0.1, 0.15) is 43.6 Å². The molecule has 1 fully saturated rings. The van der Waals surface area contributed by atoms with Gasteiger partial charge in [-0.25, -0.2) is 0 Å². The van der Waals surface area contributed by atoms with Crippen LogP contribution in [-0.4, -0.2) is 6.04 Å². The van der Waals surface area contributed by atoms with Gasteiger partial charge in [-0.1, -0.05) is 49.6 Å². The molecule has 0 spiro atoms. The first kappa shape index (κ1) is 12.5. The van der Waals surface area contributed by atoms with E-state index in [1.54, 1.807) is 0 Å². The first-order chi connectivity index (χ1) is 6.88. The zero-order valence-electron chi connectivity index (χ0n) is 9.06. The maximum atomic E-state index is 6.21. The van der Waals surface area contributed by atoms with Gasteiger partial charge in [-0.3, -0.25) is 0 Å². The molecule has 2 rings (SSSR count). The van der Waals surface area contributed by atoms with Gasteiger partial charge in [0, 0.05) is 6.04 Å². The van der Waals surface area contributed by atoms with Crippen LogP contribution in [-0.2, 0) is 0 Å². The molecular weight excluding hydrogens is 206 g/mol. The average molecular weight is 226 g/mol. The van der Waals surface area contributed by atoms with Crippen molar-refractivity contribution < 1.29 is 0 Å². The van der Waals surface area contributed by atoms with Gasteiger partial charge in [-0.15, -0.1) is 12.4 Å². The van der Waals surface area contributed by atoms with Crippen LogP contribution >= 0.6 is 12.4 Å². The average Bonchev–Trinajstić information content (AvgIpc) is 2.44. The number of hydrogen-bond donors (Lipinski definition) is 1. The molecule has 0 bridgehead atoms. The molecule has 0 radical (unpaired) electrons. The molecule has 0 saturated heterocycles. The highest BCUT2D eigenvalue weighted by Gasteiger charge is 2.21. The summed E-state index contributed by atoms with van der Waals surface area (Å²) < 4.78 is 0. The van der Waals surface area contributed by atoms with Crippen molar-refractivity contribution in [1.82, 2.24) is 0 Å². The summed E-state index contributed by atoms with van der Waals surface area (Å²) in [5.74, 6) is 0.596. The number of halogens is 1. The van der Waals surface area contributed by atoms with Gasteiger partial charge in [0.15, 0.2) is 0 Å². The molecule has 2 heteroatoms. The van der Waals surface area contributed by atoms with Crippen LogP contribution < -0.4 is 5.73 Å².